The third-order valence-electron chi connectivity index (χ3n) is 4.09. The molecule has 2 aromatic heterocycles. The molecule has 0 bridgehead atoms. The summed E-state index contributed by atoms with van der Waals surface area (Å²) in [5.41, 5.74) is 1.63. The van der Waals surface area contributed by atoms with E-state index >= 15 is 0 Å². The number of nitrogens with one attached hydrogen (secondary N) is 1. The number of hydrogen-bond donors (Lipinski definition) is 1. The second-order valence-electron chi connectivity index (χ2n) is 5.75. The van der Waals surface area contributed by atoms with Crippen LogP contribution in [0.25, 0.3) is 5.82 Å². The van der Waals surface area contributed by atoms with Crippen molar-refractivity contribution >= 4 is 11.6 Å². The molecule has 0 spiro atoms. The van der Waals surface area contributed by atoms with Crippen molar-refractivity contribution in [3.05, 3.63) is 72.9 Å². The molecular weight excluding hydrogens is 314 g/mol. The molecule has 0 saturated heterocycles. The van der Waals surface area contributed by atoms with Crippen LogP contribution in [0.4, 0.5) is 5.69 Å². The summed E-state index contributed by atoms with van der Waals surface area (Å²) in [5.74, 6) is 0.675. The Hall–Kier alpha value is -2.99. The van der Waals surface area contributed by atoms with Gasteiger partial charge in [-0.05, 0) is 31.3 Å². The van der Waals surface area contributed by atoms with Crippen molar-refractivity contribution in [2.45, 2.75) is 13.0 Å². The number of pyridine rings is 1. The summed E-state index contributed by atoms with van der Waals surface area (Å²) < 4.78 is 1.81. The molecule has 3 rings (SSSR count). The summed E-state index contributed by atoms with van der Waals surface area (Å²) in [6.07, 6.45) is 6.86. The van der Waals surface area contributed by atoms with Gasteiger partial charge in [-0.2, -0.15) is 0 Å². The minimum atomic E-state index is -0.348. The first-order valence-corrected chi connectivity index (χ1v) is 8.19. The van der Waals surface area contributed by atoms with Crippen LogP contribution >= 0.6 is 0 Å². The summed E-state index contributed by atoms with van der Waals surface area (Å²) in [4.78, 5) is 23.2. The Morgan fingerprint density at radius 2 is 2.04 bits per heavy atom. The second-order valence-corrected chi connectivity index (χ2v) is 5.75. The number of likely N-dealkylation sites (N-methyl/N-ethyl adjacent to an activating group) is 1. The molecule has 3 aromatic rings. The molecule has 25 heavy (non-hydrogen) atoms. The normalized spacial score (nSPS) is 12.1. The van der Waals surface area contributed by atoms with Gasteiger partial charge >= 0.3 is 0 Å². The molecule has 0 aliphatic rings. The number of aromatic nitrogens is 3. The fourth-order valence-electron chi connectivity index (χ4n) is 2.64. The maximum Gasteiger partial charge on any atom is 0.246 e. The Bertz CT molecular complexity index is 800. The van der Waals surface area contributed by atoms with Gasteiger partial charge in [0.15, 0.2) is 0 Å². The third-order valence-corrected chi connectivity index (χ3v) is 4.09. The van der Waals surface area contributed by atoms with Crippen LogP contribution < -0.4 is 5.32 Å². The van der Waals surface area contributed by atoms with Gasteiger partial charge in [0.1, 0.15) is 18.2 Å². The minimum Gasteiger partial charge on any atom is -0.323 e. The standard InChI is InChI=1S/C19H21N5O/c1-3-23(2)18(15-7-5-4-6-8-15)19(25)22-16-9-10-17(21-13-16)24-12-11-20-14-24/h4-14,18H,3H2,1-2H3,(H,22,25)/t18-/m1/s1. The quantitative estimate of drug-likeness (QED) is 0.752. The number of imidazole rings is 1. The lowest BCUT2D eigenvalue weighted by molar-refractivity contribution is -0.121. The first kappa shape index (κ1) is 16.9. The van der Waals surface area contributed by atoms with Crippen molar-refractivity contribution in [3.63, 3.8) is 0 Å². The summed E-state index contributed by atoms with van der Waals surface area (Å²) in [7, 11) is 1.94. The number of anilines is 1. The van der Waals surface area contributed by atoms with Gasteiger partial charge < -0.3 is 5.32 Å². The lowest BCUT2D eigenvalue weighted by Gasteiger charge is -2.26. The zero-order valence-electron chi connectivity index (χ0n) is 14.3. The van der Waals surface area contributed by atoms with Gasteiger partial charge in [-0.15, -0.1) is 0 Å². The van der Waals surface area contributed by atoms with Crippen LogP contribution in [0.15, 0.2) is 67.4 Å². The zero-order chi connectivity index (χ0) is 17.6. The average Bonchev–Trinajstić information content (AvgIpc) is 3.18. The molecule has 0 aliphatic carbocycles. The van der Waals surface area contributed by atoms with Crippen LogP contribution in [-0.4, -0.2) is 38.9 Å². The maximum absolute atomic E-state index is 12.8. The molecular formula is C19H21N5O. The molecule has 0 radical (unpaired) electrons. The van der Waals surface area contributed by atoms with Crippen LogP contribution in [0.1, 0.15) is 18.5 Å². The van der Waals surface area contributed by atoms with Crippen molar-refractivity contribution < 1.29 is 4.79 Å². The van der Waals surface area contributed by atoms with E-state index in [9.17, 15) is 4.79 Å². The second kappa shape index (κ2) is 7.72. The van der Waals surface area contributed by atoms with Gasteiger partial charge in [-0.1, -0.05) is 37.3 Å². The molecule has 0 aliphatic heterocycles. The number of nitrogens with zero attached hydrogens (tertiary/aromatic N) is 4. The smallest absolute Gasteiger partial charge is 0.246 e. The minimum absolute atomic E-state index is 0.0762. The van der Waals surface area contributed by atoms with Gasteiger partial charge in [0.05, 0.1) is 11.9 Å². The Balaban J connectivity index is 1.77. The monoisotopic (exact) mass is 335 g/mol. The van der Waals surface area contributed by atoms with Crippen molar-refractivity contribution in [3.8, 4) is 5.82 Å². The molecule has 1 atom stereocenters. The highest BCUT2D eigenvalue weighted by Gasteiger charge is 2.24. The van der Waals surface area contributed by atoms with Crippen molar-refractivity contribution in [1.29, 1.82) is 0 Å². The van der Waals surface area contributed by atoms with E-state index in [0.717, 1.165) is 17.9 Å². The molecule has 1 aromatic carbocycles. The molecule has 1 N–H and O–H groups in total. The Morgan fingerprint density at radius 3 is 2.64 bits per heavy atom. The Kier molecular flexibility index (Phi) is 5.20. The van der Waals surface area contributed by atoms with Crippen LogP contribution in [0, 0.1) is 0 Å². The lowest BCUT2D eigenvalue weighted by Crippen LogP contribution is -2.34. The molecule has 0 saturated carbocycles. The lowest BCUT2D eigenvalue weighted by atomic mass is 10.0. The van der Waals surface area contributed by atoms with E-state index in [-0.39, 0.29) is 11.9 Å². The predicted molar refractivity (Wildman–Crippen MR) is 97.5 cm³/mol. The van der Waals surface area contributed by atoms with Crippen LogP contribution in [0.3, 0.4) is 0 Å². The predicted octanol–water partition coefficient (Wildman–Crippen LogP) is 2.90. The number of rotatable bonds is 6. The third kappa shape index (κ3) is 3.92. The largest absolute Gasteiger partial charge is 0.323 e. The summed E-state index contributed by atoms with van der Waals surface area (Å²) in [6.45, 7) is 2.80. The topological polar surface area (TPSA) is 63.1 Å². The van der Waals surface area contributed by atoms with E-state index in [2.05, 4.69) is 15.3 Å². The van der Waals surface area contributed by atoms with Gasteiger partial charge in [0.25, 0.3) is 0 Å². The first-order chi connectivity index (χ1) is 12.2. The van der Waals surface area contributed by atoms with E-state index in [1.165, 1.54) is 0 Å². The zero-order valence-corrected chi connectivity index (χ0v) is 14.3. The number of carbonyl (C=O) groups excluding carboxylic acids is 1. The Labute approximate surface area is 147 Å². The van der Waals surface area contributed by atoms with Crippen molar-refractivity contribution in [2.24, 2.45) is 0 Å². The summed E-state index contributed by atoms with van der Waals surface area (Å²) in [5, 5.41) is 2.96. The Morgan fingerprint density at radius 1 is 1.24 bits per heavy atom. The summed E-state index contributed by atoms with van der Waals surface area (Å²) >= 11 is 0. The maximum atomic E-state index is 12.8. The molecule has 6 nitrogen and oxygen atoms in total. The number of carbonyl (C=O) groups is 1. The van der Waals surface area contributed by atoms with Gasteiger partial charge in [-0.25, -0.2) is 9.97 Å². The SMILES string of the molecule is CCN(C)[C@@H](C(=O)Nc1ccc(-n2ccnc2)nc1)c1ccccc1. The number of benzene rings is 1. The molecule has 0 fully saturated rings. The highest BCUT2D eigenvalue weighted by molar-refractivity contribution is 5.95. The van der Waals surface area contributed by atoms with Crippen LogP contribution in [-0.2, 0) is 4.79 Å². The van der Waals surface area contributed by atoms with Crippen LogP contribution in [0.2, 0.25) is 0 Å². The van der Waals surface area contributed by atoms with Gasteiger partial charge in [-0.3, -0.25) is 14.3 Å². The fourth-order valence-corrected chi connectivity index (χ4v) is 2.64. The first-order valence-electron chi connectivity index (χ1n) is 8.19. The molecule has 1 amide bonds. The fraction of sp³-hybridized carbons (Fsp3) is 0.211. The number of amides is 1. The van der Waals surface area contributed by atoms with Gasteiger partial charge in [0.2, 0.25) is 5.91 Å². The van der Waals surface area contributed by atoms with Crippen molar-refractivity contribution in [2.75, 3.05) is 18.9 Å². The molecule has 128 valence electrons. The van der Waals surface area contributed by atoms with Gasteiger partial charge in [0, 0.05) is 12.4 Å². The molecule has 0 unspecified atom stereocenters. The van der Waals surface area contributed by atoms with Crippen molar-refractivity contribution in [1.82, 2.24) is 19.4 Å². The van der Waals surface area contributed by atoms with Crippen LogP contribution in [0.5, 0.6) is 0 Å². The van der Waals surface area contributed by atoms with E-state index in [1.807, 2.05) is 72.1 Å². The van der Waals surface area contributed by atoms with E-state index in [0.29, 0.717) is 5.69 Å². The number of hydrogen-bond acceptors (Lipinski definition) is 4. The average molecular weight is 335 g/mol. The van der Waals surface area contributed by atoms with E-state index in [4.69, 9.17) is 0 Å². The highest BCUT2D eigenvalue weighted by Crippen LogP contribution is 2.21. The molecule has 2 heterocycles. The van der Waals surface area contributed by atoms with E-state index in [1.54, 1.807) is 18.7 Å². The summed E-state index contributed by atoms with van der Waals surface area (Å²) in [6, 6.07) is 13.1. The molecule has 6 heteroatoms. The van der Waals surface area contributed by atoms with E-state index < -0.39 is 0 Å². The highest BCUT2D eigenvalue weighted by atomic mass is 16.2.